The van der Waals surface area contributed by atoms with Crippen molar-refractivity contribution in [1.29, 1.82) is 0 Å². The number of ether oxygens (including phenoxy) is 1. The summed E-state index contributed by atoms with van der Waals surface area (Å²) < 4.78 is 6.83. The van der Waals surface area contributed by atoms with Crippen molar-refractivity contribution in [3.63, 3.8) is 0 Å². The Morgan fingerprint density at radius 3 is 2.45 bits per heavy atom. The zero-order valence-corrected chi connectivity index (χ0v) is 17.0. The number of aryl methyl sites for hydroxylation is 1. The molecule has 29 heavy (non-hydrogen) atoms. The Labute approximate surface area is 169 Å². The average Bonchev–Trinajstić information content (AvgIpc) is 2.96. The predicted molar refractivity (Wildman–Crippen MR) is 111 cm³/mol. The van der Waals surface area contributed by atoms with Gasteiger partial charge in [-0.1, -0.05) is 32.6 Å². The summed E-state index contributed by atoms with van der Waals surface area (Å²) in [6, 6.07) is 6.90. The molecule has 1 aromatic heterocycles. The molecule has 0 spiro atoms. The maximum Gasteiger partial charge on any atom is 0.329 e. The molecule has 0 radical (unpaired) electrons. The Hall–Kier alpha value is -2.83. The van der Waals surface area contributed by atoms with Gasteiger partial charge in [0.05, 0.1) is 12.6 Å². The first kappa shape index (κ1) is 20.9. The van der Waals surface area contributed by atoms with Gasteiger partial charge in [0.25, 0.3) is 11.5 Å². The number of carbonyl (C=O) groups is 2. The standard InChI is InChI=1S/C22H28N2O5/c1-3-12-24-18-14-16(29-2)9-8-15(18)13-17(20(24)26)19(25)23-22(21(27)28)10-6-4-5-7-11-22/h8-9,13-14H,3-7,10-12H2,1-2H3,(H,23,25)(H,27,28). The molecule has 1 aliphatic rings. The number of nitrogens with one attached hydrogen (secondary N) is 1. The highest BCUT2D eigenvalue weighted by atomic mass is 16.5. The van der Waals surface area contributed by atoms with Gasteiger partial charge in [0.15, 0.2) is 0 Å². The molecule has 0 saturated heterocycles. The van der Waals surface area contributed by atoms with E-state index in [9.17, 15) is 19.5 Å². The lowest BCUT2D eigenvalue weighted by atomic mass is 9.90. The number of hydrogen-bond acceptors (Lipinski definition) is 4. The third kappa shape index (κ3) is 4.13. The van der Waals surface area contributed by atoms with Crippen LogP contribution in [0, 0.1) is 0 Å². The summed E-state index contributed by atoms with van der Waals surface area (Å²) in [6.45, 7) is 2.41. The number of carboxylic acid groups (broad SMARTS) is 1. The lowest BCUT2D eigenvalue weighted by Crippen LogP contribution is -2.55. The van der Waals surface area contributed by atoms with Crippen molar-refractivity contribution < 1.29 is 19.4 Å². The van der Waals surface area contributed by atoms with E-state index in [1.807, 2.05) is 6.92 Å². The normalized spacial score (nSPS) is 16.2. The first-order valence-corrected chi connectivity index (χ1v) is 10.2. The number of benzene rings is 1. The quantitative estimate of drug-likeness (QED) is 0.725. The summed E-state index contributed by atoms with van der Waals surface area (Å²) in [4.78, 5) is 38.2. The number of nitrogens with zero attached hydrogens (tertiary/aromatic N) is 1. The largest absolute Gasteiger partial charge is 0.497 e. The van der Waals surface area contributed by atoms with Crippen LogP contribution in [0.3, 0.4) is 0 Å². The number of aliphatic carboxylic acids is 1. The highest BCUT2D eigenvalue weighted by Crippen LogP contribution is 2.28. The van der Waals surface area contributed by atoms with Gasteiger partial charge in [-0.25, -0.2) is 4.79 Å². The van der Waals surface area contributed by atoms with Crippen molar-refractivity contribution in [2.75, 3.05) is 7.11 Å². The van der Waals surface area contributed by atoms with Gasteiger partial charge in [0.1, 0.15) is 16.9 Å². The van der Waals surface area contributed by atoms with Gasteiger partial charge in [-0.2, -0.15) is 0 Å². The Morgan fingerprint density at radius 1 is 1.17 bits per heavy atom. The molecular formula is C22H28N2O5. The van der Waals surface area contributed by atoms with E-state index in [0.29, 0.717) is 30.7 Å². The molecule has 1 aromatic carbocycles. The van der Waals surface area contributed by atoms with Crippen LogP contribution in [-0.2, 0) is 11.3 Å². The summed E-state index contributed by atoms with van der Waals surface area (Å²) in [7, 11) is 1.56. The van der Waals surface area contributed by atoms with Gasteiger partial charge in [0.2, 0.25) is 0 Å². The van der Waals surface area contributed by atoms with E-state index in [1.54, 1.807) is 35.9 Å². The number of carbonyl (C=O) groups excluding carboxylic acids is 1. The predicted octanol–water partition coefficient (Wildman–Crippen LogP) is 3.33. The monoisotopic (exact) mass is 400 g/mol. The van der Waals surface area contributed by atoms with Gasteiger partial charge in [-0.15, -0.1) is 0 Å². The van der Waals surface area contributed by atoms with Crippen LogP contribution in [0.15, 0.2) is 29.1 Å². The SMILES string of the molecule is CCCn1c(=O)c(C(=O)NC2(C(=O)O)CCCCCC2)cc2ccc(OC)cc21. The third-order valence-electron chi connectivity index (χ3n) is 5.71. The van der Waals surface area contributed by atoms with Crippen LogP contribution in [0.1, 0.15) is 62.2 Å². The van der Waals surface area contributed by atoms with Crippen LogP contribution in [0.5, 0.6) is 5.75 Å². The average molecular weight is 400 g/mol. The molecular weight excluding hydrogens is 372 g/mol. The number of hydrogen-bond donors (Lipinski definition) is 2. The minimum absolute atomic E-state index is 0.0269. The number of rotatable bonds is 6. The molecule has 3 rings (SSSR count). The number of amides is 1. The molecule has 1 saturated carbocycles. The molecule has 7 heteroatoms. The minimum Gasteiger partial charge on any atom is -0.497 e. The molecule has 1 aliphatic carbocycles. The molecule has 1 amide bonds. The minimum atomic E-state index is -1.32. The second-order valence-corrected chi connectivity index (χ2v) is 7.70. The maximum absolute atomic E-state index is 13.1. The smallest absolute Gasteiger partial charge is 0.329 e. The highest BCUT2D eigenvalue weighted by molar-refractivity contribution is 6.00. The Bertz CT molecular complexity index is 971. The third-order valence-corrected chi connectivity index (χ3v) is 5.71. The topological polar surface area (TPSA) is 97.6 Å². The highest BCUT2D eigenvalue weighted by Gasteiger charge is 2.40. The van der Waals surface area contributed by atoms with Gasteiger partial charge >= 0.3 is 5.97 Å². The van der Waals surface area contributed by atoms with E-state index >= 15 is 0 Å². The molecule has 0 bridgehead atoms. The Balaban J connectivity index is 2.06. The number of pyridine rings is 1. The van der Waals surface area contributed by atoms with E-state index in [4.69, 9.17) is 4.74 Å². The second kappa shape index (κ2) is 8.68. The molecule has 2 aromatic rings. The van der Waals surface area contributed by atoms with Crippen LogP contribution in [0.4, 0.5) is 0 Å². The van der Waals surface area contributed by atoms with Crippen LogP contribution in [0.25, 0.3) is 10.9 Å². The molecule has 2 N–H and O–H groups in total. The zero-order chi connectivity index (χ0) is 21.0. The van der Waals surface area contributed by atoms with Crippen molar-refractivity contribution in [3.8, 4) is 5.75 Å². The van der Waals surface area contributed by atoms with E-state index < -0.39 is 23.0 Å². The fourth-order valence-corrected chi connectivity index (χ4v) is 4.10. The lowest BCUT2D eigenvalue weighted by molar-refractivity contribution is -0.145. The van der Waals surface area contributed by atoms with Gasteiger partial charge in [-0.3, -0.25) is 9.59 Å². The second-order valence-electron chi connectivity index (χ2n) is 7.70. The summed E-state index contributed by atoms with van der Waals surface area (Å²) in [5.74, 6) is -1.03. The van der Waals surface area contributed by atoms with E-state index in [-0.39, 0.29) is 5.56 Å². The van der Waals surface area contributed by atoms with E-state index in [2.05, 4.69) is 5.32 Å². The van der Waals surface area contributed by atoms with Crippen LogP contribution in [0.2, 0.25) is 0 Å². The van der Waals surface area contributed by atoms with Crippen molar-refractivity contribution in [3.05, 3.63) is 40.2 Å². The molecule has 156 valence electrons. The van der Waals surface area contributed by atoms with Gasteiger partial charge in [-0.05, 0) is 42.8 Å². The van der Waals surface area contributed by atoms with Crippen LogP contribution >= 0.6 is 0 Å². The van der Waals surface area contributed by atoms with Crippen molar-refractivity contribution in [2.45, 2.75) is 64.0 Å². The molecule has 7 nitrogen and oxygen atoms in total. The summed E-state index contributed by atoms with van der Waals surface area (Å²) in [5.41, 5.74) is -1.07. The summed E-state index contributed by atoms with van der Waals surface area (Å²) in [6.07, 6.45) is 4.85. The molecule has 0 atom stereocenters. The lowest BCUT2D eigenvalue weighted by Gasteiger charge is -2.29. The fourth-order valence-electron chi connectivity index (χ4n) is 4.10. The summed E-state index contributed by atoms with van der Waals surface area (Å²) >= 11 is 0. The Kier molecular flexibility index (Phi) is 6.25. The van der Waals surface area contributed by atoms with Gasteiger partial charge < -0.3 is 19.7 Å². The van der Waals surface area contributed by atoms with Crippen molar-refractivity contribution in [1.82, 2.24) is 9.88 Å². The number of carboxylic acids is 1. The van der Waals surface area contributed by atoms with Crippen LogP contribution < -0.4 is 15.6 Å². The maximum atomic E-state index is 13.1. The molecule has 0 aliphatic heterocycles. The van der Waals surface area contributed by atoms with Crippen molar-refractivity contribution >= 4 is 22.8 Å². The fraction of sp³-hybridized carbons (Fsp3) is 0.500. The number of methoxy groups -OCH3 is 1. The Morgan fingerprint density at radius 2 is 1.86 bits per heavy atom. The van der Waals surface area contributed by atoms with E-state index in [0.717, 1.165) is 37.5 Å². The van der Waals surface area contributed by atoms with E-state index in [1.165, 1.54) is 0 Å². The summed E-state index contributed by atoms with van der Waals surface area (Å²) in [5, 5.41) is 13.3. The zero-order valence-electron chi connectivity index (χ0n) is 17.0. The first-order valence-electron chi connectivity index (χ1n) is 10.2. The van der Waals surface area contributed by atoms with Crippen LogP contribution in [-0.4, -0.2) is 34.2 Å². The molecule has 0 unspecified atom stereocenters. The van der Waals surface area contributed by atoms with Gasteiger partial charge in [0, 0.05) is 12.6 Å². The molecule has 1 fully saturated rings. The number of aromatic nitrogens is 1. The first-order chi connectivity index (χ1) is 13.9. The van der Waals surface area contributed by atoms with Crippen molar-refractivity contribution in [2.24, 2.45) is 0 Å². The number of fused-ring (bicyclic) bond motifs is 1. The molecule has 1 heterocycles.